The van der Waals surface area contributed by atoms with Gasteiger partial charge in [0.15, 0.2) is 0 Å². The summed E-state index contributed by atoms with van der Waals surface area (Å²) in [7, 11) is 0. The van der Waals surface area contributed by atoms with E-state index in [1.165, 1.54) is 0 Å². The Morgan fingerprint density at radius 1 is 1.32 bits per heavy atom. The van der Waals surface area contributed by atoms with Crippen molar-refractivity contribution in [1.29, 1.82) is 0 Å². The van der Waals surface area contributed by atoms with Crippen LogP contribution in [-0.2, 0) is 9.59 Å². The molecule has 0 spiro atoms. The van der Waals surface area contributed by atoms with Crippen molar-refractivity contribution in [2.45, 2.75) is 39.2 Å². The zero-order chi connectivity index (χ0) is 16.1. The van der Waals surface area contributed by atoms with E-state index in [1.807, 2.05) is 38.1 Å². The molecule has 1 saturated carbocycles. The molecule has 1 aromatic carbocycles. The molecule has 120 valence electrons. The predicted molar refractivity (Wildman–Crippen MR) is 82.7 cm³/mol. The van der Waals surface area contributed by atoms with E-state index >= 15 is 0 Å². The molecule has 1 unspecified atom stereocenters. The van der Waals surface area contributed by atoms with Gasteiger partial charge in [-0.05, 0) is 44.7 Å². The molecule has 5 heteroatoms. The lowest BCUT2D eigenvalue weighted by Crippen LogP contribution is -2.37. The predicted octanol–water partition coefficient (Wildman–Crippen LogP) is 2.38. The van der Waals surface area contributed by atoms with E-state index in [4.69, 9.17) is 9.84 Å². The summed E-state index contributed by atoms with van der Waals surface area (Å²) >= 11 is 0. The zero-order valence-corrected chi connectivity index (χ0v) is 13.0. The molecule has 0 saturated heterocycles. The lowest BCUT2D eigenvalue weighted by Gasteiger charge is -2.18. The summed E-state index contributed by atoms with van der Waals surface area (Å²) in [6.45, 7) is 4.30. The van der Waals surface area contributed by atoms with E-state index in [9.17, 15) is 9.59 Å². The van der Waals surface area contributed by atoms with Crippen LogP contribution in [0.5, 0.6) is 5.75 Å². The van der Waals surface area contributed by atoms with Crippen LogP contribution in [0.25, 0.3) is 0 Å². The maximum Gasteiger partial charge on any atom is 0.306 e. The van der Waals surface area contributed by atoms with Crippen LogP contribution < -0.4 is 10.1 Å². The Hall–Kier alpha value is -2.04. The Balaban J connectivity index is 1.77. The number of amides is 1. The number of aliphatic carboxylic acids is 1. The largest absolute Gasteiger partial charge is 0.489 e. The topological polar surface area (TPSA) is 75.6 Å². The van der Waals surface area contributed by atoms with E-state index in [1.54, 1.807) is 0 Å². The Morgan fingerprint density at radius 2 is 2.00 bits per heavy atom. The smallest absolute Gasteiger partial charge is 0.306 e. The first-order valence-corrected chi connectivity index (χ1v) is 7.70. The molecule has 2 N–H and O–H groups in total. The van der Waals surface area contributed by atoms with Crippen molar-refractivity contribution >= 4 is 11.9 Å². The highest BCUT2D eigenvalue weighted by atomic mass is 16.5. The van der Waals surface area contributed by atoms with E-state index in [0.717, 1.165) is 11.3 Å². The fourth-order valence-electron chi connectivity index (χ4n) is 2.78. The standard InChI is InChI=1S/C17H23NO4/c1-11-5-3-4-6-15(11)22-12(2)10-18-16(19)13-7-8-14(9-13)17(20)21/h3-6,12-14H,7-10H2,1-2H3,(H,18,19)(H,20,21)/t12?,13-,14+/m1/s1. The summed E-state index contributed by atoms with van der Waals surface area (Å²) in [6, 6.07) is 7.75. The van der Waals surface area contributed by atoms with Gasteiger partial charge in [0, 0.05) is 5.92 Å². The van der Waals surface area contributed by atoms with Crippen LogP contribution in [0, 0.1) is 18.8 Å². The molecule has 0 aliphatic heterocycles. The average Bonchev–Trinajstić information content (AvgIpc) is 2.97. The van der Waals surface area contributed by atoms with Gasteiger partial charge in [-0.1, -0.05) is 18.2 Å². The molecule has 2 rings (SSSR count). The highest BCUT2D eigenvalue weighted by molar-refractivity contribution is 5.80. The molecule has 0 aromatic heterocycles. The third-order valence-corrected chi connectivity index (χ3v) is 4.14. The highest BCUT2D eigenvalue weighted by Gasteiger charge is 2.33. The zero-order valence-electron chi connectivity index (χ0n) is 13.0. The number of carbonyl (C=O) groups is 2. The summed E-state index contributed by atoms with van der Waals surface area (Å²) in [6.07, 6.45) is 1.54. The van der Waals surface area contributed by atoms with Crippen LogP contribution in [0.15, 0.2) is 24.3 Å². The van der Waals surface area contributed by atoms with Gasteiger partial charge < -0.3 is 15.2 Å². The number of rotatable bonds is 6. The Kier molecular flexibility index (Phi) is 5.41. The van der Waals surface area contributed by atoms with Crippen LogP contribution in [0.3, 0.4) is 0 Å². The van der Waals surface area contributed by atoms with Crippen LogP contribution >= 0.6 is 0 Å². The van der Waals surface area contributed by atoms with Crippen molar-refractivity contribution < 1.29 is 19.4 Å². The maximum atomic E-state index is 12.1. The quantitative estimate of drug-likeness (QED) is 0.846. The summed E-state index contributed by atoms with van der Waals surface area (Å²) < 4.78 is 5.81. The number of nitrogens with one attached hydrogen (secondary N) is 1. The minimum absolute atomic E-state index is 0.0658. The molecule has 0 radical (unpaired) electrons. The minimum Gasteiger partial charge on any atom is -0.489 e. The average molecular weight is 305 g/mol. The number of carboxylic acid groups (broad SMARTS) is 1. The van der Waals surface area contributed by atoms with Gasteiger partial charge in [-0.15, -0.1) is 0 Å². The SMILES string of the molecule is Cc1ccccc1OC(C)CNC(=O)[C@@H]1CC[C@H](C(=O)O)C1. The van der Waals surface area contributed by atoms with E-state index in [-0.39, 0.29) is 23.8 Å². The van der Waals surface area contributed by atoms with Gasteiger partial charge in [0.2, 0.25) is 5.91 Å². The normalized spacial score (nSPS) is 22.1. The lowest BCUT2D eigenvalue weighted by molar-refractivity contribution is -0.141. The fourth-order valence-corrected chi connectivity index (χ4v) is 2.78. The van der Waals surface area contributed by atoms with Gasteiger partial charge in [0.25, 0.3) is 0 Å². The van der Waals surface area contributed by atoms with Crippen molar-refractivity contribution in [2.75, 3.05) is 6.54 Å². The third-order valence-electron chi connectivity index (χ3n) is 4.14. The van der Waals surface area contributed by atoms with Crippen molar-refractivity contribution in [3.05, 3.63) is 29.8 Å². The van der Waals surface area contributed by atoms with Crippen LogP contribution in [-0.4, -0.2) is 29.6 Å². The molecule has 1 aliphatic carbocycles. The number of hydrogen-bond acceptors (Lipinski definition) is 3. The first-order chi connectivity index (χ1) is 10.5. The monoisotopic (exact) mass is 305 g/mol. The number of carboxylic acids is 1. The lowest BCUT2D eigenvalue weighted by atomic mass is 10.0. The second kappa shape index (κ2) is 7.29. The van der Waals surface area contributed by atoms with Crippen LogP contribution in [0.4, 0.5) is 0 Å². The van der Waals surface area contributed by atoms with Crippen molar-refractivity contribution in [1.82, 2.24) is 5.32 Å². The molecule has 1 aromatic rings. The number of hydrogen-bond donors (Lipinski definition) is 2. The number of benzene rings is 1. The second-order valence-corrected chi connectivity index (χ2v) is 5.98. The molecule has 0 bridgehead atoms. The van der Waals surface area contributed by atoms with Crippen molar-refractivity contribution in [3.8, 4) is 5.75 Å². The molecule has 1 fully saturated rings. The van der Waals surface area contributed by atoms with Crippen molar-refractivity contribution in [2.24, 2.45) is 11.8 Å². The minimum atomic E-state index is -0.799. The second-order valence-electron chi connectivity index (χ2n) is 5.98. The first-order valence-electron chi connectivity index (χ1n) is 7.70. The molecule has 22 heavy (non-hydrogen) atoms. The molecule has 3 atom stereocenters. The molecule has 5 nitrogen and oxygen atoms in total. The number of carbonyl (C=O) groups excluding carboxylic acids is 1. The number of aryl methyl sites for hydroxylation is 1. The van der Waals surface area contributed by atoms with Crippen molar-refractivity contribution in [3.63, 3.8) is 0 Å². The van der Waals surface area contributed by atoms with Crippen LogP contribution in [0.2, 0.25) is 0 Å². The first kappa shape index (κ1) is 16.3. The Labute approximate surface area is 130 Å². The summed E-state index contributed by atoms with van der Waals surface area (Å²) in [5, 5.41) is 11.8. The fraction of sp³-hybridized carbons (Fsp3) is 0.529. The molecular weight excluding hydrogens is 282 g/mol. The summed E-state index contributed by atoms with van der Waals surface area (Å²) in [5.74, 6) is -0.616. The van der Waals surface area contributed by atoms with Crippen LogP contribution in [0.1, 0.15) is 31.7 Å². The number of ether oxygens (including phenoxy) is 1. The van der Waals surface area contributed by atoms with Gasteiger partial charge in [0.1, 0.15) is 11.9 Å². The summed E-state index contributed by atoms with van der Waals surface area (Å²) in [5.41, 5.74) is 1.06. The van der Waals surface area contributed by atoms with Gasteiger partial charge >= 0.3 is 5.97 Å². The van der Waals surface area contributed by atoms with Gasteiger partial charge in [-0.2, -0.15) is 0 Å². The highest BCUT2D eigenvalue weighted by Crippen LogP contribution is 2.31. The molecule has 1 aliphatic rings. The maximum absolute atomic E-state index is 12.1. The molecular formula is C17H23NO4. The van der Waals surface area contributed by atoms with E-state index in [0.29, 0.717) is 25.8 Å². The van der Waals surface area contributed by atoms with Gasteiger partial charge in [-0.3, -0.25) is 9.59 Å². The Bertz CT molecular complexity index is 543. The number of para-hydroxylation sites is 1. The van der Waals surface area contributed by atoms with Gasteiger partial charge in [0.05, 0.1) is 12.5 Å². The van der Waals surface area contributed by atoms with E-state index in [2.05, 4.69) is 5.32 Å². The summed E-state index contributed by atoms with van der Waals surface area (Å²) in [4.78, 5) is 23.0. The molecule has 0 heterocycles. The van der Waals surface area contributed by atoms with Gasteiger partial charge in [-0.25, -0.2) is 0 Å². The Morgan fingerprint density at radius 3 is 2.64 bits per heavy atom. The van der Waals surface area contributed by atoms with E-state index < -0.39 is 5.97 Å². The molecule has 1 amide bonds. The third kappa shape index (κ3) is 4.23.